The molecule has 4 nitrogen and oxygen atoms in total. The Hall–Kier alpha value is -1.81. The maximum Gasteiger partial charge on any atom is 0.338 e. The van der Waals surface area contributed by atoms with Crippen LogP contribution in [0.4, 0.5) is 0 Å². The van der Waals surface area contributed by atoms with E-state index < -0.39 is 0 Å². The molecule has 122 valence electrons. The lowest BCUT2D eigenvalue weighted by Gasteiger charge is -2.18. The Bertz CT molecular complexity index is 728. The van der Waals surface area contributed by atoms with Crippen LogP contribution < -0.4 is 0 Å². The van der Waals surface area contributed by atoms with Gasteiger partial charge < -0.3 is 14.5 Å². The molecule has 0 bridgehead atoms. The van der Waals surface area contributed by atoms with E-state index in [1.165, 1.54) is 23.1 Å². The standard InChI is InChI=1S/C19H23NO3/c1-12-4-6-17-15(9-12)16-10-13(5-7-18(16)20-17)19(21)23-11-14-3-2-8-22-14/h5,7,10,12,14,20H,2-4,6,8-9,11H2,1H3. The minimum Gasteiger partial charge on any atom is -0.459 e. The highest BCUT2D eigenvalue weighted by Gasteiger charge is 2.22. The van der Waals surface area contributed by atoms with Crippen molar-refractivity contribution < 1.29 is 14.3 Å². The third-order valence-electron chi connectivity index (χ3n) is 5.09. The predicted molar refractivity (Wildman–Crippen MR) is 88.7 cm³/mol. The highest BCUT2D eigenvalue weighted by atomic mass is 16.6. The quantitative estimate of drug-likeness (QED) is 0.880. The molecule has 2 aromatic rings. The van der Waals surface area contributed by atoms with E-state index in [1.54, 1.807) is 0 Å². The third-order valence-corrected chi connectivity index (χ3v) is 5.09. The number of aromatic amines is 1. The second-order valence-electron chi connectivity index (χ2n) is 6.92. The van der Waals surface area contributed by atoms with E-state index >= 15 is 0 Å². The largest absolute Gasteiger partial charge is 0.459 e. The van der Waals surface area contributed by atoms with Crippen molar-refractivity contribution in [1.29, 1.82) is 0 Å². The first-order valence-corrected chi connectivity index (χ1v) is 8.63. The summed E-state index contributed by atoms with van der Waals surface area (Å²) in [5.41, 5.74) is 4.48. The van der Waals surface area contributed by atoms with Gasteiger partial charge in [0.15, 0.2) is 0 Å². The summed E-state index contributed by atoms with van der Waals surface area (Å²) in [6.45, 7) is 3.43. The van der Waals surface area contributed by atoms with Crippen LogP contribution in [0.3, 0.4) is 0 Å². The van der Waals surface area contributed by atoms with E-state index in [-0.39, 0.29) is 12.1 Å². The number of carbonyl (C=O) groups is 1. The molecule has 1 aliphatic heterocycles. The normalized spacial score (nSPS) is 23.9. The van der Waals surface area contributed by atoms with Gasteiger partial charge in [0.1, 0.15) is 6.61 Å². The van der Waals surface area contributed by atoms with Crippen molar-refractivity contribution in [3.63, 3.8) is 0 Å². The van der Waals surface area contributed by atoms with E-state index in [0.29, 0.717) is 18.1 Å². The van der Waals surface area contributed by atoms with E-state index in [1.807, 2.05) is 18.2 Å². The van der Waals surface area contributed by atoms with Crippen LogP contribution in [-0.2, 0) is 22.3 Å². The van der Waals surface area contributed by atoms with E-state index in [9.17, 15) is 4.79 Å². The number of H-pyrrole nitrogens is 1. The van der Waals surface area contributed by atoms with Gasteiger partial charge in [0.25, 0.3) is 0 Å². The Labute approximate surface area is 136 Å². The first-order chi connectivity index (χ1) is 11.2. The topological polar surface area (TPSA) is 51.3 Å². The van der Waals surface area contributed by atoms with Crippen molar-refractivity contribution in [2.45, 2.75) is 45.1 Å². The molecule has 23 heavy (non-hydrogen) atoms. The van der Waals surface area contributed by atoms with Crippen LogP contribution >= 0.6 is 0 Å². The van der Waals surface area contributed by atoms with Crippen LogP contribution in [0.15, 0.2) is 18.2 Å². The molecule has 0 amide bonds. The molecule has 0 spiro atoms. The third kappa shape index (κ3) is 2.88. The van der Waals surface area contributed by atoms with E-state index in [0.717, 1.165) is 37.8 Å². The number of carbonyl (C=O) groups excluding carboxylic acids is 1. The zero-order valence-electron chi connectivity index (χ0n) is 13.6. The summed E-state index contributed by atoms with van der Waals surface area (Å²) < 4.78 is 10.9. The van der Waals surface area contributed by atoms with Gasteiger partial charge in [-0.3, -0.25) is 0 Å². The average Bonchev–Trinajstić information content (AvgIpc) is 3.19. The van der Waals surface area contributed by atoms with Crippen molar-refractivity contribution in [3.8, 4) is 0 Å². The molecule has 2 heterocycles. The van der Waals surface area contributed by atoms with Gasteiger partial charge in [0.05, 0.1) is 11.7 Å². The van der Waals surface area contributed by atoms with Crippen molar-refractivity contribution in [1.82, 2.24) is 4.98 Å². The fourth-order valence-corrected chi connectivity index (χ4v) is 3.75. The number of aromatic nitrogens is 1. The monoisotopic (exact) mass is 313 g/mol. The van der Waals surface area contributed by atoms with Gasteiger partial charge >= 0.3 is 5.97 Å². The van der Waals surface area contributed by atoms with E-state index in [2.05, 4.69) is 11.9 Å². The number of nitrogens with one attached hydrogen (secondary N) is 1. The highest BCUT2D eigenvalue weighted by Crippen LogP contribution is 2.32. The van der Waals surface area contributed by atoms with Crippen molar-refractivity contribution >= 4 is 16.9 Å². The Kier molecular flexibility index (Phi) is 3.85. The fourth-order valence-electron chi connectivity index (χ4n) is 3.75. The first-order valence-electron chi connectivity index (χ1n) is 8.63. The van der Waals surface area contributed by atoms with Crippen molar-refractivity contribution in [2.75, 3.05) is 13.2 Å². The van der Waals surface area contributed by atoms with Gasteiger partial charge in [0, 0.05) is 23.2 Å². The second-order valence-corrected chi connectivity index (χ2v) is 6.92. The lowest BCUT2D eigenvalue weighted by Crippen LogP contribution is -2.17. The lowest BCUT2D eigenvalue weighted by atomic mass is 9.87. The summed E-state index contributed by atoms with van der Waals surface area (Å²) in [5, 5.41) is 1.18. The van der Waals surface area contributed by atoms with Gasteiger partial charge in [0.2, 0.25) is 0 Å². The van der Waals surface area contributed by atoms with Crippen LogP contribution in [0.5, 0.6) is 0 Å². The Morgan fingerprint density at radius 2 is 2.30 bits per heavy atom. The van der Waals surface area contributed by atoms with Gasteiger partial charge in [-0.25, -0.2) is 4.79 Å². The van der Waals surface area contributed by atoms with E-state index in [4.69, 9.17) is 9.47 Å². The number of rotatable bonds is 3. The van der Waals surface area contributed by atoms with Crippen molar-refractivity contribution in [2.24, 2.45) is 5.92 Å². The highest BCUT2D eigenvalue weighted by molar-refractivity contribution is 5.96. The lowest BCUT2D eigenvalue weighted by molar-refractivity contribution is 0.0161. The van der Waals surface area contributed by atoms with Gasteiger partial charge in [-0.1, -0.05) is 6.92 Å². The summed E-state index contributed by atoms with van der Waals surface area (Å²) in [7, 11) is 0. The molecule has 1 N–H and O–H groups in total. The second kappa shape index (κ2) is 6.00. The molecular weight excluding hydrogens is 290 g/mol. The average molecular weight is 313 g/mol. The predicted octanol–water partition coefficient (Wildman–Crippen LogP) is 3.63. The van der Waals surface area contributed by atoms with Crippen LogP contribution in [0.1, 0.15) is 47.8 Å². The van der Waals surface area contributed by atoms with Crippen LogP contribution in [0, 0.1) is 5.92 Å². The molecule has 1 saturated heterocycles. The summed E-state index contributed by atoms with van der Waals surface area (Å²) in [5.74, 6) is 0.456. The maximum absolute atomic E-state index is 12.3. The Morgan fingerprint density at radius 3 is 3.13 bits per heavy atom. The molecular formula is C19H23NO3. The molecule has 1 fully saturated rings. The summed E-state index contributed by atoms with van der Waals surface area (Å²) >= 11 is 0. The molecule has 0 saturated carbocycles. The molecule has 4 heteroatoms. The maximum atomic E-state index is 12.3. The van der Waals surface area contributed by atoms with Crippen molar-refractivity contribution in [3.05, 3.63) is 35.0 Å². The minimum absolute atomic E-state index is 0.0727. The number of aryl methyl sites for hydroxylation is 1. The number of hydrogen-bond acceptors (Lipinski definition) is 3. The van der Waals surface area contributed by atoms with Crippen LogP contribution in [0.2, 0.25) is 0 Å². The molecule has 2 aliphatic rings. The summed E-state index contributed by atoms with van der Waals surface area (Å²) in [6, 6.07) is 5.84. The number of fused-ring (bicyclic) bond motifs is 3. The zero-order chi connectivity index (χ0) is 15.8. The molecule has 1 aromatic heterocycles. The number of hydrogen-bond donors (Lipinski definition) is 1. The Morgan fingerprint density at radius 1 is 1.39 bits per heavy atom. The first kappa shape index (κ1) is 14.8. The fraction of sp³-hybridized carbons (Fsp3) is 0.526. The molecule has 4 rings (SSSR count). The number of ether oxygens (including phenoxy) is 2. The summed E-state index contributed by atoms with van der Waals surface area (Å²) in [6.07, 6.45) is 5.53. The molecule has 0 radical (unpaired) electrons. The SMILES string of the molecule is CC1CCc2[nH]c3ccc(C(=O)OCC4CCCO4)cc3c2C1. The minimum atomic E-state index is -0.249. The summed E-state index contributed by atoms with van der Waals surface area (Å²) in [4.78, 5) is 15.8. The molecule has 1 aliphatic carbocycles. The number of benzene rings is 1. The van der Waals surface area contributed by atoms with Gasteiger partial charge in [-0.2, -0.15) is 0 Å². The molecule has 2 unspecified atom stereocenters. The number of esters is 1. The van der Waals surface area contributed by atoms with Gasteiger partial charge in [-0.05, 0) is 61.8 Å². The Balaban J connectivity index is 1.55. The van der Waals surface area contributed by atoms with Gasteiger partial charge in [-0.15, -0.1) is 0 Å². The van der Waals surface area contributed by atoms with Crippen LogP contribution in [0.25, 0.3) is 10.9 Å². The van der Waals surface area contributed by atoms with Crippen LogP contribution in [-0.4, -0.2) is 30.3 Å². The molecule has 1 aromatic carbocycles. The molecule has 2 atom stereocenters. The smallest absolute Gasteiger partial charge is 0.338 e. The zero-order valence-corrected chi connectivity index (χ0v) is 13.6.